The van der Waals surface area contributed by atoms with E-state index in [1.165, 1.54) is 11.8 Å². The van der Waals surface area contributed by atoms with Gasteiger partial charge >= 0.3 is 5.97 Å². The van der Waals surface area contributed by atoms with Gasteiger partial charge in [0.05, 0.1) is 11.3 Å². The molecule has 0 amide bonds. The highest BCUT2D eigenvalue weighted by Gasteiger charge is 2.11. The lowest BCUT2D eigenvalue weighted by atomic mass is 10.1. The van der Waals surface area contributed by atoms with Crippen LogP contribution < -0.4 is 0 Å². The minimum absolute atomic E-state index is 0.0861. The Labute approximate surface area is 161 Å². The number of pyridine rings is 1. The largest absolute Gasteiger partial charge is 0.460 e. The summed E-state index contributed by atoms with van der Waals surface area (Å²) in [5.74, 6) is -0.210. The molecule has 0 atom stereocenters. The molecule has 0 unspecified atom stereocenters. The highest BCUT2D eigenvalue weighted by atomic mass is 35.5. The van der Waals surface area contributed by atoms with Gasteiger partial charge in [-0.15, -0.1) is 0 Å². The normalized spacial score (nSPS) is 10.9. The van der Waals surface area contributed by atoms with Gasteiger partial charge in [-0.3, -0.25) is 4.79 Å². The van der Waals surface area contributed by atoms with Gasteiger partial charge < -0.3 is 4.74 Å². The predicted molar refractivity (Wildman–Crippen MR) is 104 cm³/mol. The molecule has 134 valence electrons. The second-order valence-corrected chi connectivity index (χ2v) is 7.32. The van der Waals surface area contributed by atoms with Crippen LogP contribution in [0.2, 0.25) is 5.15 Å². The van der Waals surface area contributed by atoms with Crippen LogP contribution in [0.4, 0.5) is 0 Å². The van der Waals surface area contributed by atoms with E-state index in [1.54, 1.807) is 0 Å². The van der Waals surface area contributed by atoms with Gasteiger partial charge in [-0.1, -0.05) is 35.5 Å². The first-order chi connectivity index (χ1) is 12.4. The first-order valence-electron chi connectivity index (χ1n) is 8.07. The zero-order valence-corrected chi connectivity index (χ0v) is 16.3. The van der Waals surface area contributed by atoms with Crippen LogP contribution in [0.25, 0.3) is 10.9 Å². The molecule has 0 radical (unpaired) electrons. The molecule has 2 aromatic heterocycles. The summed E-state index contributed by atoms with van der Waals surface area (Å²) in [6.07, 6.45) is 0. The summed E-state index contributed by atoms with van der Waals surface area (Å²) in [7, 11) is 0. The van der Waals surface area contributed by atoms with Crippen LogP contribution in [0, 0.1) is 20.8 Å². The topological polar surface area (TPSA) is 65.0 Å². The van der Waals surface area contributed by atoms with E-state index >= 15 is 0 Å². The Bertz CT molecular complexity index is 958. The molecule has 1 aromatic carbocycles. The highest BCUT2D eigenvalue weighted by molar-refractivity contribution is 7.99. The van der Waals surface area contributed by atoms with Gasteiger partial charge in [0.25, 0.3) is 0 Å². The van der Waals surface area contributed by atoms with Crippen molar-refractivity contribution in [2.45, 2.75) is 32.5 Å². The Morgan fingerprint density at radius 1 is 1.08 bits per heavy atom. The summed E-state index contributed by atoms with van der Waals surface area (Å²) in [6.45, 7) is 5.88. The van der Waals surface area contributed by atoms with Crippen LogP contribution in [0.5, 0.6) is 0 Å². The van der Waals surface area contributed by atoms with E-state index in [0.717, 1.165) is 27.9 Å². The molecule has 3 aromatic rings. The Balaban J connectivity index is 1.61. The predicted octanol–water partition coefficient (Wildman–Crippen LogP) is 4.44. The van der Waals surface area contributed by atoms with Crippen molar-refractivity contribution in [3.8, 4) is 0 Å². The molecule has 0 saturated carbocycles. The summed E-state index contributed by atoms with van der Waals surface area (Å²) in [4.78, 5) is 25.0. The van der Waals surface area contributed by atoms with Gasteiger partial charge in [0.1, 0.15) is 11.8 Å². The van der Waals surface area contributed by atoms with Crippen LogP contribution in [-0.4, -0.2) is 26.7 Å². The van der Waals surface area contributed by atoms with E-state index in [2.05, 4.69) is 15.0 Å². The van der Waals surface area contributed by atoms with Crippen molar-refractivity contribution < 1.29 is 9.53 Å². The van der Waals surface area contributed by atoms with E-state index in [0.29, 0.717) is 15.9 Å². The van der Waals surface area contributed by atoms with Crippen LogP contribution in [-0.2, 0) is 16.1 Å². The van der Waals surface area contributed by atoms with E-state index in [-0.39, 0.29) is 18.3 Å². The minimum Gasteiger partial charge on any atom is -0.460 e. The number of ether oxygens (including phenoxy) is 1. The smallest absolute Gasteiger partial charge is 0.316 e. The van der Waals surface area contributed by atoms with Crippen molar-refractivity contribution in [3.63, 3.8) is 0 Å². The summed E-state index contributed by atoms with van der Waals surface area (Å²) in [6, 6.07) is 9.74. The maximum atomic E-state index is 12.0. The Morgan fingerprint density at radius 2 is 1.81 bits per heavy atom. The van der Waals surface area contributed by atoms with Crippen molar-refractivity contribution in [3.05, 3.63) is 58.0 Å². The molecule has 0 spiro atoms. The third-order valence-electron chi connectivity index (χ3n) is 3.67. The van der Waals surface area contributed by atoms with Crippen LogP contribution in [0.15, 0.2) is 35.5 Å². The van der Waals surface area contributed by atoms with Gasteiger partial charge in [0, 0.05) is 22.3 Å². The summed E-state index contributed by atoms with van der Waals surface area (Å²) >= 11 is 7.47. The monoisotopic (exact) mass is 387 g/mol. The Morgan fingerprint density at radius 3 is 2.54 bits per heavy atom. The second-order valence-electron chi connectivity index (χ2n) is 6.02. The van der Waals surface area contributed by atoms with Crippen molar-refractivity contribution in [2.75, 3.05) is 5.75 Å². The zero-order chi connectivity index (χ0) is 18.7. The molecule has 2 heterocycles. The summed E-state index contributed by atoms with van der Waals surface area (Å²) in [5, 5.41) is 1.88. The fourth-order valence-electron chi connectivity index (χ4n) is 2.48. The first kappa shape index (κ1) is 18.6. The standard InChI is InChI=1S/C19H18ClN3O2S/c1-11-4-5-14-8-15(18(20)23-16(14)6-11)9-25-17(24)10-26-19-21-12(2)7-13(3)22-19/h4-8H,9-10H2,1-3H3. The van der Waals surface area contributed by atoms with Gasteiger partial charge in [-0.2, -0.15) is 0 Å². The van der Waals surface area contributed by atoms with Crippen molar-refractivity contribution in [1.82, 2.24) is 15.0 Å². The molecule has 5 nitrogen and oxygen atoms in total. The van der Waals surface area contributed by atoms with Gasteiger partial charge in [0.2, 0.25) is 0 Å². The lowest BCUT2D eigenvalue weighted by Gasteiger charge is -2.08. The number of rotatable bonds is 5. The molecule has 0 saturated heterocycles. The van der Waals surface area contributed by atoms with Gasteiger partial charge in [-0.05, 0) is 44.5 Å². The molecular formula is C19H18ClN3O2S. The molecule has 0 aliphatic rings. The van der Waals surface area contributed by atoms with E-state index in [9.17, 15) is 4.79 Å². The molecular weight excluding hydrogens is 370 g/mol. The fraction of sp³-hybridized carbons (Fsp3) is 0.263. The van der Waals surface area contributed by atoms with E-state index in [1.807, 2.05) is 51.1 Å². The average Bonchev–Trinajstić information content (AvgIpc) is 2.57. The molecule has 3 rings (SSSR count). The van der Waals surface area contributed by atoms with E-state index in [4.69, 9.17) is 16.3 Å². The van der Waals surface area contributed by atoms with Crippen molar-refractivity contribution >= 4 is 40.2 Å². The average molecular weight is 388 g/mol. The van der Waals surface area contributed by atoms with Crippen LogP contribution in [0.3, 0.4) is 0 Å². The third-order valence-corrected chi connectivity index (χ3v) is 4.82. The fourth-order valence-corrected chi connectivity index (χ4v) is 3.43. The number of esters is 1. The van der Waals surface area contributed by atoms with Crippen LogP contribution in [0.1, 0.15) is 22.5 Å². The molecule has 0 aliphatic carbocycles. The van der Waals surface area contributed by atoms with Crippen molar-refractivity contribution in [1.29, 1.82) is 0 Å². The van der Waals surface area contributed by atoms with Crippen LogP contribution >= 0.6 is 23.4 Å². The van der Waals surface area contributed by atoms with Gasteiger partial charge in [0.15, 0.2) is 5.16 Å². The van der Waals surface area contributed by atoms with E-state index < -0.39 is 0 Å². The number of hydrogen-bond donors (Lipinski definition) is 0. The molecule has 0 fully saturated rings. The zero-order valence-electron chi connectivity index (χ0n) is 14.7. The number of aryl methyl sites for hydroxylation is 3. The lowest BCUT2D eigenvalue weighted by molar-refractivity contribution is -0.141. The lowest BCUT2D eigenvalue weighted by Crippen LogP contribution is -2.08. The maximum Gasteiger partial charge on any atom is 0.316 e. The maximum absolute atomic E-state index is 12.0. The number of aromatic nitrogens is 3. The second kappa shape index (κ2) is 8.01. The van der Waals surface area contributed by atoms with Crippen molar-refractivity contribution in [2.24, 2.45) is 0 Å². The minimum atomic E-state index is -0.349. The summed E-state index contributed by atoms with van der Waals surface area (Å²) in [5.41, 5.74) is 4.37. The summed E-state index contributed by atoms with van der Waals surface area (Å²) < 4.78 is 5.32. The quantitative estimate of drug-likeness (QED) is 0.279. The molecule has 0 bridgehead atoms. The number of carbonyl (C=O) groups is 1. The Hall–Kier alpha value is -2.18. The first-order valence-corrected chi connectivity index (χ1v) is 9.43. The highest BCUT2D eigenvalue weighted by Crippen LogP contribution is 2.22. The number of thioether (sulfide) groups is 1. The molecule has 26 heavy (non-hydrogen) atoms. The van der Waals surface area contributed by atoms with Gasteiger partial charge in [-0.25, -0.2) is 15.0 Å². The number of benzene rings is 1. The number of halogens is 1. The number of carbonyl (C=O) groups excluding carboxylic acids is 1. The molecule has 0 N–H and O–H groups in total. The number of fused-ring (bicyclic) bond motifs is 1. The molecule has 0 aliphatic heterocycles. The third kappa shape index (κ3) is 4.71. The molecule has 7 heteroatoms. The number of hydrogen-bond acceptors (Lipinski definition) is 6. The number of nitrogens with zero attached hydrogens (tertiary/aromatic N) is 3. The Kier molecular flexibility index (Phi) is 5.74. The SMILES string of the molecule is Cc1ccc2cc(COC(=O)CSc3nc(C)cc(C)n3)c(Cl)nc2c1.